The number of nitrogens with zero attached hydrogens (tertiary/aromatic N) is 4. The number of rotatable bonds is 3. The minimum absolute atomic E-state index is 0.0274. The molecule has 3 rings (SSSR count). The number of nitrogens with one attached hydrogen (secondary N) is 1. The van der Waals surface area contributed by atoms with Gasteiger partial charge < -0.3 is 10.7 Å². The van der Waals surface area contributed by atoms with Gasteiger partial charge in [-0.1, -0.05) is 11.8 Å². The second-order valence-electron chi connectivity index (χ2n) is 4.62. The van der Waals surface area contributed by atoms with Crippen LogP contribution in [0.1, 0.15) is 23.6 Å². The first-order valence-electron chi connectivity index (χ1n) is 6.40. The number of aromatic amines is 1. The lowest BCUT2D eigenvalue weighted by Crippen LogP contribution is -1.99. The minimum atomic E-state index is 0.0274. The van der Waals surface area contributed by atoms with E-state index in [-0.39, 0.29) is 16.8 Å². The highest BCUT2D eigenvalue weighted by Crippen LogP contribution is 2.34. The third-order valence-electron chi connectivity index (χ3n) is 3.08. The maximum atomic E-state index is 8.94. The molecule has 3 aromatic rings. The number of halogens is 1. The SMILES string of the molecule is CC(Sc1nc(N)cc(C#N)n1)c1cc2c(Br)c[nH]c2cn1. The molecule has 1 unspecified atom stereocenters. The Morgan fingerprint density at radius 3 is 3.00 bits per heavy atom. The van der Waals surface area contributed by atoms with Gasteiger partial charge in [0.05, 0.1) is 22.7 Å². The molecule has 0 aromatic carbocycles. The van der Waals surface area contributed by atoms with E-state index in [4.69, 9.17) is 11.0 Å². The Labute approximate surface area is 139 Å². The van der Waals surface area contributed by atoms with Gasteiger partial charge in [-0.2, -0.15) is 5.26 Å². The van der Waals surface area contributed by atoms with Crippen molar-refractivity contribution in [2.75, 3.05) is 5.73 Å². The smallest absolute Gasteiger partial charge is 0.191 e. The van der Waals surface area contributed by atoms with Gasteiger partial charge in [-0.05, 0) is 28.9 Å². The van der Waals surface area contributed by atoms with E-state index < -0.39 is 0 Å². The summed E-state index contributed by atoms with van der Waals surface area (Å²) in [4.78, 5) is 15.9. The average molecular weight is 375 g/mol. The Balaban J connectivity index is 1.89. The molecular weight excluding hydrogens is 364 g/mol. The maximum Gasteiger partial charge on any atom is 0.191 e. The summed E-state index contributed by atoms with van der Waals surface area (Å²) in [7, 11) is 0. The fourth-order valence-electron chi connectivity index (χ4n) is 2.00. The molecule has 3 N–H and O–H groups in total. The zero-order chi connectivity index (χ0) is 15.7. The van der Waals surface area contributed by atoms with Gasteiger partial charge >= 0.3 is 0 Å². The lowest BCUT2D eigenvalue weighted by molar-refractivity contribution is 0.936. The molecule has 0 aliphatic carbocycles. The molecule has 110 valence electrons. The highest BCUT2D eigenvalue weighted by atomic mass is 79.9. The lowest BCUT2D eigenvalue weighted by atomic mass is 10.2. The van der Waals surface area contributed by atoms with Gasteiger partial charge in [-0.3, -0.25) is 4.98 Å². The highest BCUT2D eigenvalue weighted by molar-refractivity contribution is 9.10. The summed E-state index contributed by atoms with van der Waals surface area (Å²) in [6.45, 7) is 2.01. The molecule has 0 bridgehead atoms. The predicted octanol–water partition coefficient (Wildman–Crippen LogP) is 3.42. The maximum absolute atomic E-state index is 8.94. The average Bonchev–Trinajstić information content (AvgIpc) is 2.87. The summed E-state index contributed by atoms with van der Waals surface area (Å²) in [6, 6.07) is 5.45. The summed E-state index contributed by atoms with van der Waals surface area (Å²) in [5, 5.41) is 10.5. The van der Waals surface area contributed by atoms with E-state index in [2.05, 4.69) is 35.9 Å². The van der Waals surface area contributed by atoms with Gasteiger partial charge in [0.1, 0.15) is 17.6 Å². The van der Waals surface area contributed by atoms with Crippen LogP contribution in [0.4, 0.5) is 5.82 Å². The number of aromatic nitrogens is 4. The van der Waals surface area contributed by atoms with Crippen molar-refractivity contribution in [2.24, 2.45) is 0 Å². The summed E-state index contributed by atoms with van der Waals surface area (Å²) >= 11 is 4.92. The molecule has 3 heterocycles. The molecule has 0 radical (unpaired) electrons. The van der Waals surface area contributed by atoms with E-state index in [1.54, 1.807) is 6.20 Å². The van der Waals surface area contributed by atoms with E-state index in [9.17, 15) is 0 Å². The molecular formula is C14H11BrN6S. The molecule has 22 heavy (non-hydrogen) atoms. The van der Waals surface area contributed by atoms with Crippen LogP contribution in [-0.2, 0) is 0 Å². The van der Waals surface area contributed by atoms with Gasteiger partial charge in [-0.25, -0.2) is 9.97 Å². The van der Waals surface area contributed by atoms with Crippen molar-refractivity contribution in [3.05, 3.63) is 40.4 Å². The van der Waals surface area contributed by atoms with E-state index in [0.717, 1.165) is 21.1 Å². The highest BCUT2D eigenvalue weighted by Gasteiger charge is 2.14. The molecule has 0 aliphatic heterocycles. The van der Waals surface area contributed by atoms with Gasteiger partial charge in [-0.15, -0.1) is 0 Å². The number of thioether (sulfide) groups is 1. The molecule has 8 heteroatoms. The monoisotopic (exact) mass is 374 g/mol. The van der Waals surface area contributed by atoms with E-state index in [1.165, 1.54) is 17.8 Å². The van der Waals surface area contributed by atoms with Gasteiger partial charge in [0.15, 0.2) is 5.16 Å². The van der Waals surface area contributed by atoms with Crippen molar-refractivity contribution in [3.8, 4) is 6.07 Å². The van der Waals surface area contributed by atoms with Crippen molar-refractivity contribution in [1.29, 1.82) is 5.26 Å². The first-order valence-corrected chi connectivity index (χ1v) is 8.08. The molecule has 0 fully saturated rings. The zero-order valence-corrected chi connectivity index (χ0v) is 13.9. The van der Waals surface area contributed by atoms with Crippen molar-refractivity contribution in [1.82, 2.24) is 19.9 Å². The fourth-order valence-corrected chi connectivity index (χ4v) is 3.31. The Morgan fingerprint density at radius 2 is 2.23 bits per heavy atom. The fraction of sp³-hybridized carbons (Fsp3) is 0.143. The summed E-state index contributed by atoms with van der Waals surface area (Å²) in [5.74, 6) is 0.290. The van der Waals surface area contributed by atoms with Crippen LogP contribution in [0.15, 0.2) is 34.2 Å². The number of hydrogen-bond donors (Lipinski definition) is 2. The Bertz CT molecular complexity index is 885. The van der Waals surface area contributed by atoms with E-state index >= 15 is 0 Å². The molecule has 0 amide bonds. The van der Waals surface area contributed by atoms with Crippen LogP contribution in [0.2, 0.25) is 0 Å². The van der Waals surface area contributed by atoms with E-state index in [0.29, 0.717) is 5.16 Å². The topological polar surface area (TPSA) is 104 Å². The van der Waals surface area contributed by atoms with Gasteiger partial charge in [0, 0.05) is 22.1 Å². The third-order valence-corrected chi connectivity index (χ3v) is 4.72. The first-order chi connectivity index (χ1) is 10.6. The molecule has 0 saturated carbocycles. The Hall–Kier alpha value is -2.11. The van der Waals surface area contributed by atoms with Crippen molar-refractivity contribution < 1.29 is 0 Å². The summed E-state index contributed by atoms with van der Waals surface area (Å²) < 4.78 is 0.996. The number of anilines is 1. The molecule has 1 atom stereocenters. The molecule has 0 spiro atoms. The van der Waals surface area contributed by atoms with Crippen molar-refractivity contribution >= 4 is 44.4 Å². The first kappa shape index (κ1) is 14.8. The Kier molecular flexibility index (Phi) is 4.00. The van der Waals surface area contributed by atoms with Crippen LogP contribution in [0, 0.1) is 11.3 Å². The van der Waals surface area contributed by atoms with Crippen LogP contribution >= 0.6 is 27.7 Å². The normalized spacial score (nSPS) is 12.2. The lowest BCUT2D eigenvalue weighted by Gasteiger charge is -2.10. The predicted molar refractivity (Wildman–Crippen MR) is 89.2 cm³/mol. The van der Waals surface area contributed by atoms with Crippen molar-refractivity contribution in [2.45, 2.75) is 17.3 Å². The number of fused-ring (bicyclic) bond motifs is 1. The molecule has 0 aliphatic rings. The largest absolute Gasteiger partial charge is 0.384 e. The number of H-pyrrole nitrogens is 1. The number of pyridine rings is 1. The van der Waals surface area contributed by atoms with Crippen LogP contribution in [0.5, 0.6) is 0 Å². The number of nitrogen functional groups attached to an aromatic ring is 1. The summed E-state index contributed by atoms with van der Waals surface area (Å²) in [6.07, 6.45) is 3.68. The standard InChI is InChI=1S/C14H11BrN6S/c1-7(22-14-20-8(4-16)2-13(17)21-14)11-3-9-10(15)5-18-12(9)6-19-11/h2-3,5-7,18H,1H3,(H2,17,20,21). The Morgan fingerprint density at radius 1 is 1.41 bits per heavy atom. The van der Waals surface area contributed by atoms with E-state index in [1.807, 2.05) is 25.3 Å². The molecule has 6 nitrogen and oxygen atoms in total. The van der Waals surface area contributed by atoms with Crippen molar-refractivity contribution in [3.63, 3.8) is 0 Å². The van der Waals surface area contributed by atoms with Crippen LogP contribution in [0.25, 0.3) is 10.9 Å². The minimum Gasteiger partial charge on any atom is -0.384 e. The number of nitrogens with two attached hydrogens (primary N) is 1. The van der Waals surface area contributed by atoms with Gasteiger partial charge in [0.25, 0.3) is 0 Å². The second kappa shape index (κ2) is 5.94. The van der Waals surface area contributed by atoms with Crippen LogP contribution < -0.4 is 5.73 Å². The number of hydrogen-bond acceptors (Lipinski definition) is 6. The van der Waals surface area contributed by atoms with Crippen LogP contribution in [-0.4, -0.2) is 19.9 Å². The quantitative estimate of drug-likeness (QED) is 0.537. The van der Waals surface area contributed by atoms with Crippen LogP contribution in [0.3, 0.4) is 0 Å². The molecule has 0 saturated heterocycles. The number of nitriles is 1. The summed E-state index contributed by atoms with van der Waals surface area (Å²) in [5.41, 5.74) is 7.83. The third kappa shape index (κ3) is 2.91. The van der Waals surface area contributed by atoms with Gasteiger partial charge in [0.2, 0.25) is 0 Å². The zero-order valence-electron chi connectivity index (χ0n) is 11.5. The molecule has 3 aromatic heterocycles. The second-order valence-corrected chi connectivity index (χ2v) is 6.79.